The maximum Gasteiger partial charge on any atom is 0.0106 e. The number of thioether (sulfide) groups is 1. The molecule has 0 heterocycles. The molecule has 0 saturated heterocycles. The van der Waals surface area contributed by atoms with Crippen molar-refractivity contribution in [1.29, 1.82) is 0 Å². The minimum absolute atomic E-state index is 0.841. The summed E-state index contributed by atoms with van der Waals surface area (Å²) in [5, 5.41) is 3.52. The molecule has 76 valence electrons. The quantitative estimate of drug-likeness (QED) is 0.588. The van der Waals surface area contributed by atoms with Gasteiger partial charge in [-0.2, -0.15) is 0 Å². The Morgan fingerprint density at radius 2 is 2.29 bits per heavy atom. The molecular formula is C12H17NS. The fraction of sp³-hybridized carbons (Fsp3) is 0.500. The van der Waals surface area contributed by atoms with E-state index in [4.69, 9.17) is 0 Å². The summed E-state index contributed by atoms with van der Waals surface area (Å²) in [6, 6.07) is 9.56. The molecule has 1 aromatic rings. The van der Waals surface area contributed by atoms with E-state index in [1.54, 1.807) is 0 Å². The van der Waals surface area contributed by atoms with E-state index < -0.39 is 0 Å². The molecule has 0 spiro atoms. The first-order valence-corrected chi connectivity index (χ1v) is 6.26. The third-order valence-electron chi connectivity index (χ3n) is 2.37. The summed E-state index contributed by atoms with van der Waals surface area (Å²) >= 11 is 1.94. The van der Waals surface area contributed by atoms with E-state index in [2.05, 4.69) is 36.5 Å². The predicted molar refractivity (Wildman–Crippen MR) is 62.9 cm³/mol. The maximum absolute atomic E-state index is 3.52. The van der Waals surface area contributed by atoms with Crippen molar-refractivity contribution in [2.75, 3.05) is 12.3 Å². The van der Waals surface area contributed by atoms with Crippen LogP contribution in [-0.4, -0.2) is 18.3 Å². The van der Waals surface area contributed by atoms with Crippen LogP contribution in [0.2, 0.25) is 0 Å². The first kappa shape index (κ1) is 10.1. The highest BCUT2D eigenvalue weighted by molar-refractivity contribution is 7.99. The number of hydrogen-bond acceptors (Lipinski definition) is 2. The van der Waals surface area contributed by atoms with Gasteiger partial charge in [-0.3, -0.25) is 0 Å². The van der Waals surface area contributed by atoms with Gasteiger partial charge in [-0.15, -0.1) is 11.8 Å². The van der Waals surface area contributed by atoms with Crippen LogP contribution in [0.4, 0.5) is 0 Å². The molecule has 1 aromatic carbocycles. The number of aryl methyl sites for hydroxylation is 1. The minimum Gasteiger partial charge on any atom is -0.313 e. The zero-order chi connectivity index (χ0) is 9.80. The molecule has 14 heavy (non-hydrogen) atoms. The average molecular weight is 207 g/mol. The summed E-state index contributed by atoms with van der Waals surface area (Å²) in [6.45, 7) is 3.29. The van der Waals surface area contributed by atoms with Crippen molar-refractivity contribution < 1.29 is 0 Å². The second-order valence-electron chi connectivity index (χ2n) is 3.89. The van der Waals surface area contributed by atoms with Crippen molar-refractivity contribution in [3.63, 3.8) is 0 Å². The summed E-state index contributed by atoms with van der Waals surface area (Å²) < 4.78 is 0. The molecular weight excluding hydrogens is 190 g/mol. The number of hydrogen-bond donors (Lipinski definition) is 1. The first-order valence-electron chi connectivity index (χ1n) is 5.27. The van der Waals surface area contributed by atoms with E-state index in [1.807, 2.05) is 11.8 Å². The molecule has 2 rings (SSSR count). The Balaban J connectivity index is 1.68. The van der Waals surface area contributed by atoms with Crippen LogP contribution in [0.1, 0.15) is 18.4 Å². The Labute approximate surface area is 90.3 Å². The SMILES string of the molecule is Cc1cccc(SCCNC2CC2)c1. The normalized spacial score (nSPS) is 15.8. The van der Waals surface area contributed by atoms with E-state index in [9.17, 15) is 0 Å². The second-order valence-corrected chi connectivity index (χ2v) is 5.06. The average Bonchev–Trinajstić information content (AvgIpc) is 2.96. The van der Waals surface area contributed by atoms with Crippen LogP contribution in [0.3, 0.4) is 0 Å². The third-order valence-corrected chi connectivity index (χ3v) is 3.37. The molecule has 0 radical (unpaired) electrons. The lowest BCUT2D eigenvalue weighted by Crippen LogP contribution is -2.18. The molecule has 0 aromatic heterocycles. The van der Waals surface area contributed by atoms with Crippen molar-refractivity contribution in [2.24, 2.45) is 0 Å². The summed E-state index contributed by atoms with van der Waals surface area (Å²) in [7, 11) is 0. The molecule has 0 unspecified atom stereocenters. The van der Waals surface area contributed by atoms with Crippen LogP contribution in [0.5, 0.6) is 0 Å². The Morgan fingerprint density at radius 3 is 3.00 bits per heavy atom. The zero-order valence-electron chi connectivity index (χ0n) is 8.62. The van der Waals surface area contributed by atoms with Gasteiger partial charge in [-0.25, -0.2) is 0 Å². The number of nitrogens with one attached hydrogen (secondary N) is 1. The van der Waals surface area contributed by atoms with Crippen molar-refractivity contribution in [3.8, 4) is 0 Å². The van der Waals surface area contributed by atoms with E-state index in [1.165, 1.54) is 29.1 Å². The molecule has 1 nitrogen and oxygen atoms in total. The fourth-order valence-electron chi connectivity index (χ4n) is 1.42. The smallest absolute Gasteiger partial charge is 0.0106 e. The Kier molecular flexibility index (Phi) is 3.49. The van der Waals surface area contributed by atoms with Gasteiger partial charge < -0.3 is 5.32 Å². The number of rotatable bonds is 5. The highest BCUT2D eigenvalue weighted by atomic mass is 32.2. The highest BCUT2D eigenvalue weighted by Crippen LogP contribution is 2.20. The fourth-order valence-corrected chi connectivity index (χ4v) is 2.32. The molecule has 1 aliphatic rings. The van der Waals surface area contributed by atoms with Gasteiger partial charge in [0.25, 0.3) is 0 Å². The zero-order valence-corrected chi connectivity index (χ0v) is 9.44. The van der Waals surface area contributed by atoms with E-state index in [0.29, 0.717) is 0 Å². The molecule has 0 amide bonds. The van der Waals surface area contributed by atoms with Crippen molar-refractivity contribution in [3.05, 3.63) is 29.8 Å². The van der Waals surface area contributed by atoms with Gasteiger partial charge >= 0.3 is 0 Å². The molecule has 1 N–H and O–H groups in total. The molecule has 2 heteroatoms. The van der Waals surface area contributed by atoms with E-state index in [0.717, 1.165) is 12.6 Å². The Morgan fingerprint density at radius 1 is 1.43 bits per heavy atom. The van der Waals surface area contributed by atoms with Crippen molar-refractivity contribution in [1.82, 2.24) is 5.32 Å². The molecule has 1 aliphatic carbocycles. The maximum atomic E-state index is 3.52. The van der Waals surface area contributed by atoms with Gasteiger partial charge in [-0.05, 0) is 31.9 Å². The lowest BCUT2D eigenvalue weighted by molar-refractivity contribution is 0.726. The summed E-state index contributed by atoms with van der Waals surface area (Å²) in [4.78, 5) is 1.39. The lowest BCUT2D eigenvalue weighted by atomic mass is 10.2. The van der Waals surface area contributed by atoms with E-state index in [-0.39, 0.29) is 0 Å². The van der Waals surface area contributed by atoms with Crippen LogP contribution in [0, 0.1) is 6.92 Å². The molecule has 1 fully saturated rings. The van der Waals surface area contributed by atoms with Crippen LogP contribution >= 0.6 is 11.8 Å². The van der Waals surface area contributed by atoms with Gasteiger partial charge in [0.2, 0.25) is 0 Å². The Bertz CT molecular complexity index is 294. The summed E-state index contributed by atoms with van der Waals surface area (Å²) in [5.74, 6) is 1.18. The molecule has 0 aliphatic heterocycles. The number of benzene rings is 1. The van der Waals surface area contributed by atoms with Crippen LogP contribution in [0.25, 0.3) is 0 Å². The second kappa shape index (κ2) is 4.85. The van der Waals surface area contributed by atoms with Gasteiger partial charge in [0, 0.05) is 23.2 Å². The summed E-state index contributed by atoms with van der Waals surface area (Å²) in [5.41, 5.74) is 1.35. The monoisotopic (exact) mass is 207 g/mol. The van der Waals surface area contributed by atoms with Crippen LogP contribution in [-0.2, 0) is 0 Å². The molecule has 0 bridgehead atoms. The third kappa shape index (κ3) is 3.35. The first-order chi connectivity index (χ1) is 6.84. The standard InChI is InChI=1S/C12H17NS/c1-10-3-2-4-12(9-10)14-8-7-13-11-5-6-11/h2-4,9,11,13H,5-8H2,1H3. The highest BCUT2D eigenvalue weighted by Gasteiger charge is 2.19. The topological polar surface area (TPSA) is 12.0 Å². The molecule has 0 atom stereocenters. The minimum atomic E-state index is 0.841. The van der Waals surface area contributed by atoms with E-state index >= 15 is 0 Å². The predicted octanol–water partition coefficient (Wildman–Crippen LogP) is 2.84. The summed E-state index contributed by atoms with van der Waals surface area (Å²) in [6.07, 6.45) is 2.77. The van der Waals surface area contributed by atoms with Gasteiger partial charge in [0.15, 0.2) is 0 Å². The van der Waals surface area contributed by atoms with Crippen LogP contribution in [0.15, 0.2) is 29.2 Å². The van der Waals surface area contributed by atoms with Crippen molar-refractivity contribution in [2.45, 2.75) is 30.7 Å². The molecule has 1 saturated carbocycles. The Hall–Kier alpha value is -0.470. The van der Waals surface area contributed by atoms with Gasteiger partial charge in [0.05, 0.1) is 0 Å². The lowest BCUT2D eigenvalue weighted by Gasteiger charge is -2.03. The van der Waals surface area contributed by atoms with Crippen LogP contribution < -0.4 is 5.32 Å². The van der Waals surface area contributed by atoms with Gasteiger partial charge in [0.1, 0.15) is 0 Å². The van der Waals surface area contributed by atoms with Gasteiger partial charge in [-0.1, -0.05) is 17.7 Å². The van der Waals surface area contributed by atoms with Crippen molar-refractivity contribution >= 4 is 11.8 Å². The largest absolute Gasteiger partial charge is 0.313 e.